The lowest BCUT2D eigenvalue weighted by Gasteiger charge is -2.22. The fourth-order valence-corrected chi connectivity index (χ4v) is 4.84. The van der Waals surface area contributed by atoms with Crippen LogP contribution in [0.3, 0.4) is 0 Å². The Labute approximate surface area is 213 Å². The molecule has 0 radical (unpaired) electrons. The van der Waals surface area contributed by atoms with Crippen molar-refractivity contribution in [3.63, 3.8) is 0 Å². The largest absolute Gasteiger partial charge is 0.504 e. The molecule has 3 rings (SSSR count). The van der Waals surface area contributed by atoms with Gasteiger partial charge in [-0.05, 0) is 40.1 Å². The summed E-state index contributed by atoms with van der Waals surface area (Å²) in [6.45, 7) is 6.04. The second-order valence-corrected chi connectivity index (χ2v) is 12.1. The molecule has 2 heterocycles. The molecule has 0 aliphatic rings. The molecule has 0 saturated heterocycles. The number of thiophene rings is 1. The van der Waals surface area contributed by atoms with Crippen molar-refractivity contribution in [3.05, 3.63) is 53.4 Å². The fraction of sp³-hybridized carbons (Fsp3) is 0.304. The number of fused-ring (bicyclic) bond motifs is 1. The van der Waals surface area contributed by atoms with Gasteiger partial charge in [0.25, 0.3) is 5.91 Å². The zero-order valence-electron chi connectivity index (χ0n) is 20.4. The predicted octanol–water partition coefficient (Wildman–Crippen LogP) is 3.54. The molecular weight excluding hydrogens is 504 g/mol. The third-order valence-corrected chi connectivity index (χ3v) is 7.11. The molecule has 2 aromatic heterocycles. The quantitative estimate of drug-likeness (QED) is 0.263. The summed E-state index contributed by atoms with van der Waals surface area (Å²) in [4.78, 5) is 33.0. The van der Waals surface area contributed by atoms with Crippen LogP contribution >= 0.6 is 11.3 Å². The topological polar surface area (TPSA) is 165 Å². The van der Waals surface area contributed by atoms with Crippen LogP contribution in [0.15, 0.2) is 42.2 Å². The maximum atomic E-state index is 12.4. The zero-order chi connectivity index (χ0) is 26.7. The number of hydrogen-bond acceptors (Lipinski definition) is 10. The highest BCUT2D eigenvalue weighted by Gasteiger charge is 2.23. The van der Waals surface area contributed by atoms with Gasteiger partial charge in [0.2, 0.25) is 0 Å². The molecular formula is C23H28N6O5S2. The van der Waals surface area contributed by atoms with E-state index in [1.807, 2.05) is 20.8 Å². The molecule has 36 heavy (non-hydrogen) atoms. The Balaban J connectivity index is 1.99. The van der Waals surface area contributed by atoms with E-state index < -0.39 is 27.1 Å². The summed E-state index contributed by atoms with van der Waals surface area (Å²) in [6, 6.07) is 4.43. The number of amides is 3. The van der Waals surface area contributed by atoms with E-state index in [4.69, 9.17) is 5.73 Å². The van der Waals surface area contributed by atoms with Gasteiger partial charge in [0.05, 0.1) is 23.9 Å². The number of urea groups is 1. The van der Waals surface area contributed by atoms with Gasteiger partial charge in [-0.25, -0.2) is 23.2 Å². The molecule has 5 N–H and O–H groups in total. The SMILES string of the molecule is CO/C=C/C(=O)NC(=O)Nc1cc(C(C)(C)C)c2ncnc(Nc3cc(C(N)S(C)(=O)=O)cs3)c2c1. The number of carbonyl (C=O) groups excluding carboxylic acids is 2. The zero-order valence-corrected chi connectivity index (χ0v) is 22.1. The number of sulfone groups is 1. The average molecular weight is 533 g/mol. The molecule has 0 bridgehead atoms. The monoisotopic (exact) mass is 532 g/mol. The van der Waals surface area contributed by atoms with Gasteiger partial charge in [-0.1, -0.05) is 20.8 Å². The van der Waals surface area contributed by atoms with Crippen LogP contribution < -0.4 is 21.7 Å². The van der Waals surface area contributed by atoms with E-state index in [1.54, 1.807) is 23.6 Å². The first-order chi connectivity index (χ1) is 16.8. The van der Waals surface area contributed by atoms with E-state index in [2.05, 4.69) is 30.7 Å². The van der Waals surface area contributed by atoms with Gasteiger partial charge in [0.1, 0.15) is 17.5 Å². The number of imide groups is 1. The van der Waals surface area contributed by atoms with Gasteiger partial charge < -0.3 is 21.1 Å². The Bertz CT molecular complexity index is 1430. The molecule has 3 aromatic rings. The van der Waals surface area contributed by atoms with Crippen LogP contribution in [0.1, 0.15) is 37.3 Å². The van der Waals surface area contributed by atoms with Crippen LogP contribution in [0, 0.1) is 0 Å². The van der Waals surface area contributed by atoms with Crippen molar-refractivity contribution in [2.24, 2.45) is 5.73 Å². The molecule has 0 aliphatic carbocycles. The second-order valence-electron chi connectivity index (χ2n) is 8.99. The molecule has 0 spiro atoms. The van der Waals surface area contributed by atoms with E-state index >= 15 is 0 Å². The molecule has 0 saturated carbocycles. The first-order valence-electron chi connectivity index (χ1n) is 10.7. The number of carbonyl (C=O) groups is 2. The van der Waals surface area contributed by atoms with Crippen molar-refractivity contribution >= 4 is 60.5 Å². The highest BCUT2D eigenvalue weighted by atomic mass is 32.2. The van der Waals surface area contributed by atoms with Crippen molar-refractivity contribution in [2.45, 2.75) is 31.6 Å². The Hall–Kier alpha value is -3.55. The number of rotatable bonds is 7. The Morgan fingerprint density at radius 2 is 1.92 bits per heavy atom. The molecule has 13 heteroatoms. The van der Waals surface area contributed by atoms with E-state index in [1.165, 1.54) is 24.8 Å². The molecule has 1 aromatic carbocycles. The number of hydrogen-bond donors (Lipinski definition) is 4. The van der Waals surface area contributed by atoms with E-state index in [-0.39, 0.29) is 5.41 Å². The van der Waals surface area contributed by atoms with Gasteiger partial charge in [-0.2, -0.15) is 0 Å². The summed E-state index contributed by atoms with van der Waals surface area (Å²) >= 11 is 1.29. The minimum Gasteiger partial charge on any atom is -0.504 e. The normalized spacial score (nSPS) is 12.9. The Kier molecular flexibility index (Phi) is 7.96. The van der Waals surface area contributed by atoms with Gasteiger partial charge in [-0.3, -0.25) is 10.1 Å². The van der Waals surface area contributed by atoms with Gasteiger partial charge in [-0.15, -0.1) is 11.3 Å². The lowest BCUT2D eigenvalue weighted by atomic mass is 9.85. The molecule has 0 aliphatic heterocycles. The number of aromatic nitrogens is 2. The maximum absolute atomic E-state index is 12.4. The van der Waals surface area contributed by atoms with Crippen LogP contribution in [0.5, 0.6) is 0 Å². The van der Waals surface area contributed by atoms with Crippen LogP contribution in [0.25, 0.3) is 10.9 Å². The summed E-state index contributed by atoms with van der Waals surface area (Å²) < 4.78 is 28.3. The molecule has 3 amide bonds. The van der Waals surface area contributed by atoms with E-state index in [0.29, 0.717) is 33.0 Å². The Morgan fingerprint density at radius 3 is 2.56 bits per heavy atom. The highest BCUT2D eigenvalue weighted by Crippen LogP contribution is 2.36. The molecule has 0 fully saturated rings. The number of ether oxygens (including phenoxy) is 1. The van der Waals surface area contributed by atoms with Crippen molar-refractivity contribution in [3.8, 4) is 0 Å². The fourth-order valence-electron chi connectivity index (χ4n) is 3.29. The van der Waals surface area contributed by atoms with Crippen molar-refractivity contribution in [1.29, 1.82) is 0 Å². The number of nitrogens with one attached hydrogen (secondary N) is 3. The summed E-state index contributed by atoms with van der Waals surface area (Å²) in [7, 11) is -2.07. The summed E-state index contributed by atoms with van der Waals surface area (Å²) in [5.74, 6) is -0.187. The van der Waals surface area contributed by atoms with Gasteiger partial charge >= 0.3 is 6.03 Å². The third-order valence-electron chi connectivity index (χ3n) is 5.05. The summed E-state index contributed by atoms with van der Waals surface area (Å²) in [5, 5.41) is 9.85. The summed E-state index contributed by atoms with van der Waals surface area (Å²) in [6.07, 6.45) is 4.75. The molecule has 1 atom stereocenters. The number of nitrogens with two attached hydrogens (primary N) is 1. The smallest absolute Gasteiger partial charge is 0.326 e. The van der Waals surface area contributed by atoms with Gasteiger partial charge in [0.15, 0.2) is 9.84 Å². The Morgan fingerprint density at radius 1 is 1.19 bits per heavy atom. The lowest BCUT2D eigenvalue weighted by Crippen LogP contribution is -2.33. The number of anilines is 3. The van der Waals surface area contributed by atoms with Crippen molar-refractivity contribution in [1.82, 2.24) is 15.3 Å². The predicted molar refractivity (Wildman–Crippen MR) is 141 cm³/mol. The lowest BCUT2D eigenvalue weighted by molar-refractivity contribution is -0.115. The minimum absolute atomic E-state index is 0.340. The van der Waals surface area contributed by atoms with Crippen molar-refractivity contribution < 1.29 is 22.7 Å². The molecule has 1 unspecified atom stereocenters. The van der Waals surface area contributed by atoms with E-state index in [0.717, 1.165) is 24.2 Å². The van der Waals surface area contributed by atoms with Crippen LogP contribution in [-0.4, -0.2) is 43.7 Å². The third kappa shape index (κ3) is 6.56. The number of methoxy groups -OCH3 is 1. The first-order valence-corrected chi connectivity index (χ1v) is 13.5. The van der Waals surface area contributed by atoms with Crippen LogP contribution in [0.4, 0.5) is 21.3 Å². The molecule has 192 valence electrons. The maximum Gasteiger partial charge on any atom is 0.326 e. The van der Waals surface area contributed by atoms with E-state index in [9.17, 15) is 18.0 Å². The minimum atomic E-state index is -3.45. The van der Waals surface area contributed by atoms with Crippen LogP contribution in [-0.2, 0) is 24.8 Å². The van der Waals surface area contributed by atoms with Gasteiger partial charge in [0, 0.05) is 23.4 Å². The van der Waals surface area contributed by atoms with Crippen molar-refractivity contribution in [2.75, 3.05) is 24.0 Å². The number of nitrogens with zero attached hydrogens (tertiary/aromatic N) is 2. The second kappa shape index (κ2) is 10.6. The standard InChI is InChI=1S/C23H28N6O5S2/c1-23(2,3)16-10-14(27-22(31)28-17(30)6-7-34-4)9-15-19(16)25-12-26-21(15)29-18-8-13(11-35-18)20(24)36(5,32)33/h6-12,20H,24H2,1-5H3,(H,25,26,29)(H2,27,28,30,31)/b7-6+. The first kappa shape index (κ1) is 27.0. The molecule has 11 nitrogen and oxygen atoms in total. The summed E-state index contributed by atoms with van der Waals surface area (Å²) in [5.41, 5.74) is 7.92. The number of benzene rings is 1. The highest BCUT2D eigenvalue weighted by molar-refractivity contribution is 7.90. The average Bonchev–Trinajstić information content (AvgIpc) is 3.24. The van der Waals surface area contributed by atoms with Crippen LogP contribution in [0.2, 0.25) is 0 Å².